The van der Waals surface area contributed by atoms with Gasteiger partial charge in [0.15, 0.2) is 0 Å². The summed E-state index contributed by atoms with van der Waals surface area (Å²) in [6.45, 7) is 4.25. The van der Waals surface area contributed by atoms with Crippen LogP contribution in [0, 0.1) is 10.1 Å². The third kappa shape index (κ3) is 2.91. The Bertz CT molecular complexity index is 442. The van der Waals surface area contributed by atoms with Gasteiger partial charge in [-0.1, -0.05) is 0 Å². The Kier molecular flexibility index (Phi) is 4.15. The van der Waals surface area contributed by atoms with Crippen molar-refractivity contribution in [2.75, 3.05) is 18.0 Å². The topological polar surface area (TPSA) is 46.4 Å². The molecule has 18 heavy (non-hydrogen) atoms. The van der Waals surface area contributed by atoms with E-state index in [0.717, 1.165) is 12.1 Å². The maximum Gasteiger partial charge on any atom is 0.418 e. The standard InChI is InChI=1S/C11H13F3N2O2/c1-3-15(4-2)10-6-5-8(16(17)18)7-9(10)11(12,13)14/h5-7H,3-4H2,1-2H3. The molecule has 0 saturated heterocycles. The average molecular weight is 262 g/mol. The van der Waals surface area contributed by atoms with Gasteiger partial charge in [0.2, 0.25) is 0 Å². The maximum atomic E-state index is 12.9. The minimum absolute atomic E-state index is 0.0295. The normalized spacial score (nSPS) is 11.4. The highest BCUT2D eigenvalue weighted by Gasteiger charge is 2.36. The molecule has 1 aromatic carbocycles. The van der Waals surface area contributed by atoms with Gasteiger partial charge in [-0.15, -0.1) is 0 Å². The van der Waals surface area contributed by atoms with E-state index in [1.165, 1.54) is 4.90 Å². The highest BCUT2D eigenvalue weighted by atomic mass is 19.4. The van der Waals surface area contributed by atoms with Gasteiger partial charge in [0.05, 0.1) is 10.5 Å². The van der Waals surface area contributed by atoms with Crippen molar-refractivity contribution in [1.29, 1.82) is 0 Å². The molecular formula is C11H13F3N2O2. The zero-order valence-electron chi connectivity index (χ0n) is 9.99. The number of benzene rings is 1. The fourth-order valence-corrected chi connectivity index (χ4v) is 1.70. The first-order chi connectivity index (χ1) is 8.31. The predicted octanol–water partition coefficient (Wildman–Crippen LogP) is 3.46. The summed E-state index contributed by atoms with van der Waals surface area (Å²) in [7, 11) is 0. The number of non-ortho nitro benzene ring substituents is 1. The van der Waals surface area contributed by atoms with E-state index in [9.17, 15) is 23.3 Å². The molecule has 0 unspecified atom stereocenters. The van der Waals surface area contributed by atoms with Crippen LogP contribution < -0.4 is 4.90 Å². The summed E-state index contributed by atoms with van der Waals surface area (Å²) >= 11 is 0. The monoisotopic (exact) mass is 262 g/mol. The molecule has 0 fully saturated rings. The van der Waals surface area contributed by atoms with Gasteiger partial charge in [0.1, 0.15) is 0 Å². The molecule has 1 aromatic rings. The van der Waals surface area contributed by atoms with E-state index in [2.05, 4.69) is 0 Å². The summed E-state index contributed by atoms with van der Waals surface area (Å²) < 4.78 is 38.6. The van der Waals surface area contributed by atoms with E-state index in [4.69, 9.17) is 0 Å². The fourth-order valence-electron chi connectivity index (χ4n) is 1.70. The molecule has 1 rings (SSSR count). The van der Waals surface area contributed by atoms with Gasteiger partial charge in [-0.2, -0.15) is 13.2 Å². The Labute approximate surface area is 102 Å². The number of halogens is 3. The van der Waals surface area contributed by atoms with Crippen molar-refractivity contribution in [3.8, 4) is 0 Å². The Hall–Kier alpha value is -1.79. The van der Waals surface area contributed by atoms with Crippen molar-refractivity contribution in [2.24, 2.45) is 0 Å². The van der Waals surface area contributed by atoms with Crippen LogP contribution in [0.1, 0.15) is 19.4 Å². The number of anilines is 1. The zero-order valence-corrected chi connectivity index (χ0v) is 9.99. The molecule has 0 aromatic heterocycles. The minimum atomic E-state index is -4.61. The van der Waals surface area contributed by atoms with E-state index in [-0.39, 0.29) is 5.69 Å². The Morgan fingerprint density at radius 1 is 1.28 bits per heavy atom. The second-order valence-corrected chi connectivity index (χ2v) is 3.63. The first-order valence-corrected chi connectivity index (χ1v) is 5.41. The molecule has 0 saturated carbocycles. The number of hydrogen-bond acceptors (Lipinski definition) is 3. The fraction of sp³-hybridized carbons (Fsp3) is 0.455. The van der Waals surface area contributed by atoms with Crippen LogP contribution in [0.15, 0.2) is 18.2 Å². The lowest BCUT2D eigenvalue weighted by Gasteiger charge is -2.24. The van der Waals surface area contributed by atoms with Gasteiger partial charge in [-0.25, -0.2) is 0 Å². The number of alkyl halides is 3. The van der Waals surface area contributed by atoms with Crippen LogP contribution in [-0.4, -0.2) is 18.0 Å². The van der Waals surface area contributed by atoms with Crippen LogP contribution >= 0.6 is 0 Å². The van der Waals surface area contributed by atoms with Gasteiger partial charge in [-0.05, 0) is 19.9 Å². The Morgan fingerprint density at radius 3 is 2.22 bits per heavy atom. The minimum Gasteiger partial charge on any atom is -0.372 e. The van der Waals surface area contributed by atoms with Gasteiger partial charge in [-0.3, -0.25) is 10.1 Å². The molecule has 4 nitrogen and oxygen atoms in total. The van der Waals surface area contributed by atoms with Crippen molar-refractivity contribution < 1.29 is 18.1 Å². The molecule has 0 atom stereocenters. The van der Waals surface area contributed by atoms with Crippen molar-refractivity contribution in [2.45, 2.75) is 20.0 Å². The molecule has 0 N–H and O–H groups in total. The number of nitro groups is 1. The third-order valence-electron chi connectivity index (χ3n) is 2.60. The lowest BCUT2D eigenvalue weighted by molar-refractivity contribution is -0.385. The van der Waals surface area contributed by atoms with Crippen molar-refractivity contribution in [1.82, 2.24) is 0 Å². The molecule has 0 radical (unpaired) electrons. The lowest BCUT2D eigenvalue weighted by atomic mass is 10.1. The summed E-state index contributed by atoms with van der Waals surface area (Å²) in [5.74, 6) is 0. The molecular weight excluding hydrogens is 249 g/mol. The van der Waals surface area contributed by atoms with Gasteiger partial charge in [0.25, 0.3) is 5.69 Å². The highest BCUT2D eigenvalue weighted by Crippen LogP contribution is 2.38. The highest BCUT2D eigenvalue weighted by molar-refractivity contribution is 5.59. The van der Waals surface area contributed by atoms with Crippen molar-refractivity contribution >= 4 is 11.4 Å². The quantitative estimate of drug-likeness (QED) is 0.616. The summed E-state index contributed by atoms with van der Waals surface area (Å²) in [5, 5.41) is 10.5. The van der Waals surface area contributed by atoms with E-state index in [1.807, 2.05) is 0 Å². The maximum absolute atomic E-state index is 12.9. The smallest absolute Gasteiger partial charge is 0.372 e. The number of rotatable bonds is 4. The molecule has 0 aliphatic carbocycles. The second kappa shape index (κ2) is 5.24. The van der Waals surface area contributed by atoms with Crippen LogP contribution in [0.4, 0.5) is 24.5 Å². The Balaban J connectivity index is 3.38. The molecule has 0 heterocycles. The molecule has 100 valence electrons. The summed E-state index contributed by atoms with van der Waals surface area (Å²) in [4.78, 5) is 11.2. The first-order valence-electron chi connectivity index (χ1n) is 5.41. The molecule has 7 heteroatoms. The Morgan fingerprint density at radius 2 is 1.83 bits per heavy atom. The van der Waals surface area contributed by atoms with E-state index >= 15 is 0 Å². The molecule has 0 aliphatic rings. The van der Waals surface area contributed by atoms with Crippen LogP contribution in [0.2, 0.25) is 0 Å². The lowest BCUT2D eigenvalue weighted by Crippen LogP contribution is -2.25. The predicted molar refractivity (Wildman–Crippen MR) is 61.7 cm³/mol. The number of hydrogen-bond donors (Lipinski definition) is 0. The van der Waals surface area contributed by atoms with Crippen molar-refractivity contribution in [3.05, 3.63) is 33.9 Å². The van der Waals surface area contributed by atoms with Gasteiger partial charge in [0, 0.05) is 30.9 Å². The zero-order chi connectivity index (χ0) is 13.9. The first kappa shape index (κ1) is 14.3. The molecule has 0 spiro atoms. The molecule has 0 amide bonds. The van der Waals surface area contributed by atoms with Crippen LogP contribution in [0.25, 0.3) is 0 Å². The summed E-state index contributed by atoms with van der Waals surface area (Å²) in [6.07, 6.45) is -4.61. The van der Waals surface area contributed by atoms with E-state index in [1.54, 1.807) is 13.8 Å². The largest absolute Gasteiger partial charge is 0.418 e. The van der Waals surface area contributed by atoms with Crippen molar-refractivity contribution in [3.63, 3.8) is 0 Å². The summed E-state index contributed by atoms with van der Waals surface area (Å²) in [6, 6.07) is 2.81. The third-order valence-corrected chi connectivity index (χ3v) is 2.60. The van der Waals surface area contributed by atoms with Crippen LogP contribution in [-0.2, 0) is 6.18 Å². The SMILES string of the molecule is CCN(CC)c1ccc([N+](=O)[O-])cc1C(F)(F)F. The number of nitrogens with zero attached hydrogens (tertiary/aromatic N) is 2. The van der Waals surface area contributed by atoms with E-state index in [0.29, 0.717) is 19.2 Å². The average Bonchev–Trinajstić information content (AvgIpc) is 2.29. The van der Waals surface area contributed by atoms with Gasteiger partial charge >= 0.3 is 6.18 Å². The van der Waals surface area contributed by atoms with E-state index < -0.39 is 22.4 Å². The second-order valence-electron chi connectivity index (χ2n) is 3.63. The summed E-state index contributed by atoms with van der Waals surface area (Å²) in [5.41, 5.74) is -1.56. The molecule has 0 bridgehead atoms. The molecule has 0 aliphatic heterocycles. The number of nitro benzene ring substituents is 1. The van der Waals surface area contributed by atoms with Gasteiger partial charge < -0.3 is 4.90 Å². The van der Waals surface area contributed by atoms with Crippen LogP contribution in [0.5, 0.6) is 0 Å². The van der Waals surface area contributed by atoms with Crippen LogP contribution in [0.3, 0.4) is 0 Å².